The van der Waals surface area contributed by atoms with Crippen LogP contribution < -0.4 is 20.1 Å². The molecule has 0 bridgehead atoms. The lowest BCUT2D eigenvalue weighted by Crippen LogP contribution is -2.25. The van der Waals surface area contributed by atoms with Gasteiger partial charge < -0.3 is 20.1 Å². The van der Waals surface area contributed by atoms with Gasteiger partial charge in [0.05, 0.1) is 34.1 Å². The van der Waals surface area contributed by atoms with Crippen LogP contribution in [0.4, 0.5) is 15.9 Å². The Morgan fingerprint density at radius 2 is 1.91 bits per heavy atom. The fourth-order valence-corrected chi connectivity index (χ4v) is 6.19. The minimum atomic E-state index is -2.99. The molecule has 2 N–H and O–H groups in total. The molecule has 0 atom stereocenters. The maximum atomic E-state index is 13.5. The fraction of sp³-hybridized carbons (Fsp3) is 0.258. The van der Waals surface area contributed by atoms with Crippen molar-refractivity contribution < 1.29 is 22.3 Å². The van der Waals surface area contributed by atoms with Gasteiger partial charge in [0, 0.05) is 53.3 Å². The molecule has 2 aromatic heterocycles. The number of fused-ring (bicyclic) bond motifs is 1. The van der Waals surface area contributed by atoms with E-state index in [1.165, 1.54) is 29.8 Å². The Labute approximate surface area is 264 Å². The molecule has 0 fully saturated rings. The molecular formula is C31H31ClFN5O4S2. The molecule has 13 heteroatoms. The van der Waals surface area contributed by atoms with E-state index in [0.29, 0.717) is 58.6 Å². The molecular weight excluding hydrogens is 625 g/mol. The van der Waals surface area contributed by atoms with Gasteiger partial charge in [0.1, 0.15) is 36.1 Å². The maximum absolute atomic E-state index is 13.5. The number of halogens is 2. The van der Waals surface area contributed by atoms with Gasteiger partial charge in [-0.05, 0) is 42.0 Å². The van der Waals surface area contributed by atoms with Crippen LogP contribution in [0.2, 0.25) is 5.02 Å². The zero-order chi connectivity index (χ0) is 31.1. The number of ether oxygens (including phenoxy) is 2. The monoisotopic (exact) mass is 655 g/mol. The third-order valence-electron chi connectivity index (χ3n) is 6.81. The second kappa shape index (κ2) is 14.3. The molecule has 0 saturated heterocycles. The first kappa shape index (κ1) is 31.6. The lowest BCUT2D eigenvalue weighted by Gasteiger charge is -2.13. The van der Waals surface area contributed by atoms with Gasteiger partial charge >= 0.3 is 0 Å². The Morgan fingerprint density at radius 1 is 1.05 bits per heavy atom. The van der Waals surface area contributed by atoms with Crippen LogP contribution in [0, 0.1) is 5.82 Å². The molecule has 0 aliphatic rings. The van der Waals surface area contributed by atoms with E-state index in [1.807, 2.05) is 23.6 Å². The Bertz CT molecular complexity index is 1870. The number of hydrogen-bond donors (Lipinski definition) is 2. The van der Waals surface area contributed by atoms with Crippen LogP contribution in [0.5, 0.6) is 11.5 Å². The zero-order valence-corrected chi connectivity index (χ0v) is 26.5. The van der Waals surface area contributed by atoms with Gasteiger partial charge in [0.15, 0.2) is 9.84 Å². The summed E-state index contributed by atoms with van der Waals surface area (Å²) in [6.45, 7) is 2.88. The van der Waals surface area contributed by atoms with Crippen LogP contribution >= 0.6 is 22.9 Å². The Kier molecular flexibility index (Phi) is 10.3. The summed E-state index contributed by atoms with van der Waals surface area (Å²) in [5.74, 6) is 1.63. The van der Waals surface area contributed by atoms with E-state index in [2.05, 4.69) is 20.6 Å². The summed E-state index contributed by atoms with van der Waals surface area (Å²) < 4.78 is 48.3. The normalized spacial score (nSPS) is 11.5. The van der Waals surface area contributed by atoms with E-state index in [9.17, 15) is 12.8 Å². The highest BCUT2D eigenvalue weighted by Gasteiger charge is 2.16. The summed E-state index contributed by atoms with van der Waals surface area (Å²) in [5, 5.41) is 10.6. The van der Waals surface area contributed by atoms with Crippen LogP contribution in [0.1, 0.15) is 17.5 Å². The van der Waals surface area contributed by atoms with E-state index >= 15 is 0 Å². The number of hydrogen-bond acceptors (Lipinski definition) is 10. The molecule has 44 heavy (non-hydrogen) atoms. The molecule has 5 aromatic rings. The van der Waals surface area contributed by atoms with Gasteiger partial charge in [-0.2, -0.15) is 0 Å². The molecule has 3 aromatic carbocycles. The average Bonchev–Trinajstić information content (AvgIpc) is 3.49. The van der Waals surface area contributed by atoms with Gasteiger partial charge in [0.2, 0.25) is 0 Å². The highest BCUT2D eigenvalue weighted by molar-refractivity contribution is 7.91. The summed E-state index contributed by atoms with van der Waals surface area (Å²) in [6, 6.07) is 15.3. The number of sulfone groups is 1. The first-order chi connectivity index (χ1) is 21.2. The molecule has 0 radical (unpaired) electrons. The topological polar surface area (TPSA) is 115 Å². The van der Waals surface area contributed by atoms with E-state index in [1.54, 1.807) is 38.3 Å². The number of rotatable bonds is 14. The van der Waals surface area contributed by atoms with Crippen molar-refractivity contribution in [1.29, 1.82) is 0 Å². The molecule has 0 saturated carbocycles. The quantitative estimate of drug-likeness (QED) is 0.130. The SMILES string of the molecule is CCS(=O)(=O)CCNCCc1nc(-c2cc3c(Nc4ccc(OCc5cccc(F)c5)c(Cl)c4)ncnc3cc2OC)cs1. The minimum absolute atomic E-state index is 0.125. The Balaban J connectivity index is 1.31. The molecule has 230 valence electrons. The first-order valence-electron chi connectivity index (χ1n) is 13.9. The van der Waals surface area contributed by atoms with Crippen molar-refractivity contribution >= 4 is 55.2 Å². The van der Waals surface area contributed by atoms with Crippen LogP contribution in [0.25, 0.3) is 22.2 Å². The third-order valence-corrected chi connectivity index (χ3v) is 9.72. The van der Waals surface area contributed by atoms with Crippen LogP contribution in [-0.2, 0) is 22.9 Å². The lowest BCUT2D eigenvalue weighted by molar-refractivity contribution is 0.306. The molecule has 0 aliphatic heterocycles. The number of thiazole rings is 1. The van der Waals surface area contributed by atoms with Crippen molar-refractivity contribution in [3.8, 4) is 22.8 Å². The number of anilines is 2. The second-order valence-electron chi connectivity index (χ2n) is 9.84. The number of benzene rings is 3. The van der Waals surface area contributed by atoms with E-state index in [-0.39, 0.29) is 23.9 Å². The van der Waals surface area contributed by atoms with Gasteiger partial charge in [0.25, 0.3) is 0 Å². The molecule has 0 unspecified atom stereocenters. The second-order valence-corrected chi connectivity index (χ2v) is 13.7. The van der Waals surface area contributed by atoms with Crippen LogP contribution in [-0.4, -0.2) is 55.1 Å². The lowest BCUT2D eigenvalue weighted by atomic mass is 10.1. The van der Waals surface area contributed by atoms with Gasteiger partial charge in [-0.15, -0.1) is 11.3 Å². The van der Waals surface area contributed by atoms with E-state index in [4.69, 9.17) is 26.1 Å². The van der Waals surface area contributed by atoms with Gasteiger partial charge in [-0.3, -0.25) is 0 Å². The molecule has 5 rings (SSSR count). The molecule has 0 aliphatic carbocycles. The van der Waals surface area contributed by atoms with E-state index < -0.39 is 9.84 Å². The van der Waals surface area contributed by atoms with Crippen LogP contribution in [0.15, 0.2) is 66.3 Å². The molecule has 2 heterocycles. The number of aromatic nitrogens is 3. The van der Waals surface area contributed by atoms with Crippen molar-refractivity contribution in [2.45, 2.75) is 20.0 Å². The summed E-state index contributed by atoms with van der Waals surface area (Å²) >= 11 is 8.05. The minimum Gasteiger partial charge on any atom is -0.496 e. The molecule has 9 nitrogen and oxygen atoms in total. The first-order valence-corrected chi connectivity index (χ1v) is 16.9. The predicted molar refractivity (Wildman–Crippen MR) is 174 cm³/mol. The smallest absolute Gasteiger partial charge is 0.151 e. The molecule has 0 spiro atoms. The van der Waals surface area contributed by atoms with Crippen molar-refractivity contribution in [3.05, 3.63) is 87.7 Å². The van der Waals surface area contributed by atoms with Crippen molar-refractivity contribution in [2.24, 2.45) is 0 Å². The maximum Gasteiger partial charge on any atom is 0.151 e. The summed E-state index contributed by atoms with van der Waals surface area (Å²) in [6.07, 6.45) is 2.15. The fourth-order valence-electron chi connectivity index (χ4n) is 4.41. The highest BCUT2D eigenvalue weighted by Crippen LogP contribution is 2.37. The number of methoxy groups -OCH3 is 1. The van der Waals surface area contributed by atoms with Crippen molar-refractivity contribution in [1.82, 2.24) is 20.3 Å². The Morgan fingerprint density at radius 3 is 2.68 bits per heavy atom. The van der Waals surface area contributed by atoms with Gasteiger partial charge in [-0.1, -0.05) is 30.7 Å². The number of nitrogens with zero attached hydrogens (tertiary/aromatic N) is 3. The summed E-state index contributed by atoms with van der Waals surface area (Å²) in [4.78, 5) is 13.7. The highest BCUT2D eigenvalue weighted by atomic mass is 35.5. The van der Waals surface area contributed by atoms with E-state index in [0.717, 1.165) is 21.7 Å². The predicted octanol–water partition coefficient (Wildman–Crippen LogP) is 6.44. The zero-order valence-electron chi connectivity index (χ0n) is 24.1. The van der Waals surface area contributed by atoms with Gasteiger partial charge in [-0.25, -0.2) is 27.8 Å². The summed E-state index contributed by atoms with van der Waals surface area (Å²) in [5.41, 5.74) is 3.63. The average molecular weight is 656 g/mol. The third kappa shape index (κ3) is 8.00. The van der Waals surface area contributed by atoms with Crippen molar-refractivity contribution in [2.75, 3.05) is 37.0 Å². The largest absolute Gasteiger partial charge is 0.496 e. The summed E-state index contributed by atoms with van der Waals surface area (Å²) in [7, 11) is -1.39. The van der Waals surface area contributed by atoms with Crippen LogP contribution in [0.3, 0.4) is 0 Å². The van der Waals surface area contributed by atoms with Crippen molar-refractivity contribution in [3.63, 3.8) is 0 Å². The molecule has 0 amide bonds. The standard InChI is InChI=1S/C31H31ClFN5O4S2/c1-3-44(39,40)12-11-34-10-9-30-38-27(18-43-30)23-15-24-26(16-29(23)41-2)35-19-36-31(24)37-22-7-8-28(25(32)14-22)42-17-20-5-4-6-21(33)13-20/h4-8,13-16,18-19,34H,3,9-12,17H2,1-2H3,(H,35,36,37). The number of nitrogens with one attached hydrogen (secondary N) is 2. The Hall–Kier alpha value is -3.84.